The third-order valence-electron chi connectivity index (χ3n) is 4.45. The summed E-state index contributed by atoms with van der Waals surface area (Å²) in [6.07, 6.45) is 0. The van der Waals surface area contributed by atoms with E-state index >= 15 is 0 Å². The number of nitriles is 1. The fourth-order valence-corrected chi connectivity index (χ4v) is 6.88. The second-order valence-corrected chi connectivity index (χ2v) is 12.2. The highest BCUT2D eigenvalue weighted by Gasteiger charge is 2.22. The van der Waals surface area contributed by atoms with Crippen LogP contribution in [-0.4, -0.2) is 20.8 Å². The van der Waals surface area contributed by atoms with E-state index in [9.17, 15) is 26.9 Å². The van der Waals surface area contributed by atoms with Crippen molar-refractivity contribution in [3.05, 3.63) is 69.0 Å². The fraction of sp³-hybridized carbons (Fsp3) is 0.0526. The van der Waals surface area contributed by atoms with Gasteiger partial charge in [-0.05, 0) is 59.4 Å². The normalized spacial score (nSPS) is 11.9. The summed E-state index contributed by atoms with van der Waals surface area (Å²) in [5.41, 5.74) is 0.551. The SMILES string of the molecule is Cn1sc(=O)c2cc(S(=O)(=O)Nc3cc(C#N)ccc3NS(=O)(=O)c3cccs3)ccc21. The van der Waals surface area contributed by atoms with E-state index in [0.29, 0.717) is 5.52 Å². The van der Waals surface area contributed by atoms with Crippen molar-refractivity contribution in [2.24, 2.45) is 7.05 Å². The Balaban J connectivity index is 1.75. The number of anilines is 2. The van der Waals surface area contributed by atoms with E-state index in [0.717, 1.165) is 22.9 Å². The highest BCUT2D eigenvalue weighted by Crippen LogP contribution is 2.30. The number of nitrogens with zero attached hydrogens (tertiary/aromatic N) is 2. The largest absolute Gasteiger partial charge is 0.297 e. The van der Waals surface area contributed by atoms with Crippen molar-refractivity contribution in [3.8, 4) is 6.07 Å². The van der Waals surface area contributed by atoms with Crippen LogP contribution in [0.15, 0.2) is 67.8 Å². The number of thiophene rings is 1. The van der Waals surface area contributed by atoms with E-state index in [1.54, 1.807) is 22.5 Å². The Morgan fingerprint density at radius 1 is 0.969 bits per heavy atom. The first-order chi connectivity index (χ1) is 15.1. The molecule has 0 amide bonds. The van der Waals surface area contributed by atoms with Crippen LogP contribution in [0, 0.1) is 11.3 Å². The molecule has 0 aliphatic rings. The van der Waals surface area contributed by atoms with Crippen molar-refractivity contribution < 1.29 is 16.8 Å². The summed E-state index contributed by atoms with van der Waals surface area (Å²) in [6.45, 7) is 0. The first-order valence-corrected chi connectivity index (χ1v) is 13.5. The van der Waals surface area contributed by atoms with E-state index in [1.807, 2.05) is 6.07 Å². The first kappa shape index (κ1) is 22.0. The van der Waals surface area contributed by atoms with E-state index < -0.39 is 20.0 Å². The molecule has 2 aromatic heterocycles. The van der Waals surface area contributed by atoms with Gasteiger partial charge in [0.2, 0.25) is 0 Å². The molecule has 0 radical (unpaired) electrons. The lowest BCUT2D eigenvalue weighted by atomic mass is 10.2. The fourth-order valence-electron chi connectivity index (χ4n) is 2.95. The third kappa shape index (κ3) is 4.13. The number of fused-ring (bicyclic) bond motifs is 1. The molecule has 4 rings (SSSR count). The number of aromatic nitrogens is 1. The average molecular weight is 507 g/mol. The van der Waals surface area contributed by atoms with E-state index in [-0.39, 0.29) is 36.2 Å². The molecule has 164 valence electrons. The summed E-state index contributed by atoms with van der Waals surface area (Å²) < 4.78 is 57.4. The zero-order chi connectivity index (χ0) is 23.1. The zero-order valence-electron chi connectivity index (χ0n) is 16.3. The maximum atomic E-state index is 13.0. The Bertz CT molecular complexity index is 1640. The number of hydrogen-bond acceptors (Lipinski definition) is 8. The molecule has 2 heterocycles. The van der Waals surface area contributed by atoms with Gasteiger partial charge >= 0.3 is 0 Å². The van der Waals surface area contributed by atoms with Gasteiger partial charge in [0.25, 0.3) is 24.8 Å². The summed E-state index contributed by atoms with van der Waals surface area (Å²) in [5.74, 6) is 0. The molecule has 0 saturated heterocycles. The smallest absolute Gasteiger partial charge is 0.271 e. The summed E-state index contributed by atoms with van der Waals surface area (Å²) in [4.78, 5) is 11.9. The highest BCUT2D eigenvalue weighted by atomic mass is 32.2. The zero-order valence-corrected chi connectivity index (χ0v) is 19.5. The van der Waals surface area contributed by atoms with Gasteiger partial charge in [-0.2, -0.15) is 5.26 Å². The Kier molecular flexibility index (Phi) is 5.55. The van der Waals surface area contributed by atoms with Gasteiger partial charge in [-0.3, -0.25) is 18.2 Å². The molecule has 4 aromatic rings. The topological polar surface area (TPSA) is 138 Å². The molecule has 32 heavy (non-hydrogen) atoms. The number of hydrogen-bond donors (Lipinski definition) is 2. The standard InChI is InChI=1S/C19H14N4O5S4/c1-23-17-7-5-13(10-14(17)19(24)30-23)31(25,26)22-16-9-12(11-20)4-6-15(16)21-32(27,28)18-3-2-8-29-18/h2-10,21-22H,1H3. The number of sulfonamides is 2. The van der Waals surface area contributed by atoms with Crippen LogP contribution >= 0.6 is 22.9 Å². The average Bonchev–Trinajstić information content (AvgIpc) is 3.38. The van der Waals surface area contributed by atoms with E-state index in [2.05, 4.69) is 9.44 Å². The van der Waals surface area contributed by atoms with Gasteiger partial charge in [-0.1, -0.05) is 6.07 Å². The molecule has 2 N–H and O–H groups in total. The van der Waals surface area contributed by atoms with Gasteiger partial charge in [-0.25, -0.2) is 16.8 Å². The van der Waals surface area contributed by atoms with Gasteiger partial charge in [0.05, 0.1) is 38.8 Å². The van der Waals surface area contributed by atoms with Crippen LogP contribution in [0.3, 0.4) is 0 Å². The second kappa shape index (κ2) is 8.06. The van der Waals surface area contributed by atoms with Crippen molar-refractivity contribution in [3.63, 3.8) is 0 Å². The molecule has 0 spiro atoms. The van der Waals surface area contributed by atoms with E-state index in [1.165, 1.54) is 42.5 Å². The van der Waals surface area contributed by atoms with Crippen LogP contribution in [0.2, 0.25) is 0 Å². The molecule has 0 bridgehead atoms. The van der Waals surface area contributed by atoms with Crippen molar-refractivity contribution in [1.82, 2.24) is 3.96 Å². The van der Waals surface area contributed by atoms with Crippen LogP contribution in [0.5, 0.6) is 0 Å². The Labute approximate surface area is 191 Å². The van der Waals surface area contributed by atoms with Crippen molar-refractivity contribution >= 4 is 65.2 Å². The first-order valence-electron chi connectivity index (χ1n) is 8.84. The van der Waals surface area contributed by atoms with Gasteiger partial charge in [-0.15, -0.1) is 11.3 Å². The molecular weight excluding hydrogens is 493 g/mol. The van der Waals surface area contributed by atoms with Crippen LogP contribution < -0.4 is 14.2 Å². The number of nitrogens with one attached hydrogen (secondary N) is 2. The van der Waals surface area contributed by atoms with E-state index in [4.69, 9.17) is 0 Å². The number of aryl methyl sites for hydroxylation is 1. The summed E-state index contributed by atoms with van der Waals surface area (Å²) in [7, 11) is -6.47. The molecule has 0 saturated carbocycles. The molecule has 13 heteroatoms. The van der Waals surface area contributed by atoms with Crippen LogP contribution in [0.1, 0.15) is 5.56 Å². The minimum Gasteiger partial charge on any atom is -0.297 e. The lowest BCUT2D eigenvalue weighted by Crippen LogP contribution is -2.17. The van der Waals surface area contributed by atoms with Crippen LogP contribution in [0.4, 0.5) is 11.4 Å². The molecule has 2 aromatic carbocycles. The molecule has 0 unspecified atom stereocenters. The van der Waals surface area contributed by atoms with Crippen molar-refractivity contribution in [1.29, 1.82) is 5.26 Å². The minimum atomic E-state index is -4.20. The van der Waals surface area contributed by atoms with Crippen LogP contribution in [-0.2, 0) is 27.1 Å². The van der Waals surface area contributed by atoms with Gasteiger partial charge in [0, 0.05) is 7.05 Å². The van der Waals surface area contributed by atoms with Crippen molar-refractivity contribution in [2.45, 2.75) is 9.10 Å². The quantitative estimate of drug-likeness (QED) is 0.412. The Hall–Kier alpha value is -3.18. The van der Waals surface area contributed by atoms with Gasteiger partial charge in [0.1, 0.15) is 4.21 Å². The van der Waals surface area contributed by atoms with Crippen molar-refractivity contribution in [2.75, 3.05) is 9.44 Å². The van der Waals surface area contributed by atoms with Crippen LogP contribution in [0.25, 0.3) is 10.9 Å². The number of rotatable bonds is 6. The second-order valence-electron chi connectivity index (χ2n) is 6.57. The summed E-state index contributed by atoms with van der Waals surface area (Å²) >= 11 is 1.96. The lowest BCUT2D eigenvalue weighted by Gasteiger charge is -2.14. The highest BCUT2D eigenvalue weighted by molar-refractivity contribution is 7.94. The third-order valence-corrected chi connectivity index (χ3v) is 9.44. The molecule has 0 aliphatic carbocycles. The maximum absolute atomic E-state index is 13.0. The maximum Gasteiger partial charge on any atom is 0.271 e. The Morgan fingerprint density at radius 2 is 1.72 bits per heavy atom. The minimum absolute atomic E-state index is 0.0477. The summed E-state index contributed by atoms with van der Waals surface area (Å²) in [5, 5.41) is 11.1. The predicted molar refractivity (Wildman–Crippen MR) is 124 cm³/mol. The molecule has 0 fully saturated rings. The number of benzene rings is 2. The van der Waals surface area contributed by atoms with Gasteiger partial charge in [0.15, 0.2) is 0 Å². The molecule has 9 nitrogen and oxygen atoms in total. The monoisotopic (exact) mass is 506 g/mol. The Morgan fingerprint density at radius 3 is 2.41 bits per heavy atom. The summed E-state index contributed by atoms with van der Waals surface area (Å²) in [6, 6.07) is 12.9. The molecular formula is C19H14N4O5S4. The lowest BCUT2D eigenvalue weighted by molar-refractivity contribution is 0.599. The predicted octanol–water partition coefficient (Wildman–Crippen LogP) is 3.13. The van der Waals surface area contributed by atoms with Gasteiger partial charge < -0.3 is 0 Å². The molecule has 0 aliphatic heterocycles. The molecule has 0 atom stereocenters.